The highest BCUT2D eigenvalue weighted by Gasteiger charge is 2.35. The topological polar surface area (TPSA) is 42.7 Å². The van der Waals surface area contributed by atoms with E-state index in [9.17, 15) is 18.0 Å². The minimum absolute atomic E-state index is 0.0267. The maximum absolute atomic E-state index is 13.4. The van der Waals surface area contributed by atoms with Crippen LogP contribution in [0.2, 0.25) is 0 Å². The molecule has 7 heteroatoms. The van der Waals surface area contributed by atoms with Crippen LogP contribution in [0.15, 0.2) is 45.6 Å². The Labute approximate surface area is 152 Å². The van der Waals surface area contributed by atoms with Crippen LogP contribution in [-0.4, -0.2) is 6.73 Å². The monoisotopic (exact) mass is 375 g/mol. The molecule has 0 fully saturated rings. The molecule has 2 aromatic carbocycles. The minimum Gasteiger partial charge on any atom is -0.473 e. The third-order valence-corrected chi connectivity index (χ3v) is 4.96. The third kappa shape index (κ3) is 2.83. The summed E-state index contributed by atoms with van der Waals surface area (Å²) >= 11 is 0. The highest BCUT2D eigenvalue weighted by Crippen LogP contribution is 2.40. The highest BCUT2D eigenvalue weighted by molar-refractivity contribution is 5.86. The average molecular weight is 375 g/mol. The Morgan fingerprint density at radius 2 is 1.78 bits per heavy atom. The van der Waals surface area contributed by atoms with Crippen molar-refractivity contribution in [3.05, 3.63) is 69.1 Å². The predicted molar refractivity (Wildman–Crippen MR) is 95.1 cm³/mol. The van der Waals surface area contributed by atoms with E-state index in [2.05, 4.69) is 0 Å². The molecule has 0 radical (unpaired) electrons. The molecule has 27 heavy (non-hydrogen) atoms. The molecule has 140 valence electrons. The number of ether oxygens (including phenoxy) is 1. The van der Waals surface area contributed by atoms with Gasteiger partial charge in [0.25, 0.3) is 0 Å². The van der Waals surface area contributed by atoms with Crippen molar-refractivity contribution in [2.45, 2.75) is 26.6 Å². The summed E-state index contributed by atoms with van der Waals surface area (Å²) in [5.74, 6) is 0.509. The fourth-order valence-electron chi connectivity index (χ4n) is 3.36. The molecule has 4 rings (SSSR count). The maximum Gasteiger partial charge on any atom is 0.418 e. The number of benzene rings is 2. The van der Waals surface area contributed by atoms with Crippen molar-refractivity contribution >= 4 is 16.7 Å². The van der Waals surface area contributed by atoms with Crippen LogP contribution in [-0.2, 0) is 12.7 Å². The summed E-state index contributed by atoms with van der Waals surface area (Å²) in [6.45, 7) is 3.62. The second kappa shape index (κ2) is 6.04. The van der Waals surface area contributed by atoms with E-state index in [1.165, 1.54) is 17.0 Å². The number of fused-ring (bicyclic) bond motifs is 3. The molecule has 0 N–H and O–H groups in total. The van der Waals surface area contributed by atoms with Crippen molar-refractivity contribution in [3.8, 4) is 5.75 Å². The van der Waals surface area contributed by atoms with Crippen LogP contribution >= 0.6 is 0 Å². The number of hydrogen-bond acceptors (Lipinski definition) is 4. The SMILES string of the molecule is Cc1c(C)c2ccc3c(c2oc1=O)CN(c1ccccc1C(F)(F)F)CO3. The zero-order valence-electron chi connectivity index (χ0n) is 14.7. The molecular formula is C20H16F3NO3. The quantitative estimate of drug-likeness (QED) is 0.574. The van der Waals surface area contributed by atoms with Gasteiger partial charge in [-0.25, -0.2) is 4.79 Å². The molecule has 4 nitrogen and oxygen atoms in total. The number of alkyl halides is 3. The lowest BCUT2D eigenvalue weighted by molar-refractivity contribution is -0.137. The molecule has 2 heterocycles. The molecule has 0 unspecified atom stereocenters. The first-order chi connectivity index (χ1) is 12.8. The van der Waals surface area contributed by atoms with Gasteiger partial charge in [0.05, 0.1) is 23.4 Å². The summed E-state index contributed by atoms with van der Waals surface area (Å²) in [5.41, 5.74) is 1.06. The van der Waals surface area contributed by atoms with Gasteiger partial charge < -0.3 is 14.1 Å². The fraction of sp³-hybridized carbons (Fsp3) is 0.250. The molecule has 3 aromatic rings. The zero-order valence-corrected chi connectivity index (χ0v) is 14.7. The zero-order chi connectivity index (χ0) is 19.3. The van der Waals surface area contributed by atoms with Crippen LogP contribution in [0, 0.1) is 13.8 Å². The number of halogens is 3. The Balaban J connectivity index is 1.86. The van der Waals surface area contributed by atoms with Gasteiger partial charge in [-0.3, -0.25) is 0 Å². The summed E-state index contributed by atoms with van der Waals surface area (Å²) in [6, 6.07) is 8.92. The van der Waals surface area contributed by atoms with Gasteiger partial charge in [-0.1, -0.05) is 12.1 Å². The third-order valence-electron chi connectivity index (χ3n) is 4.96. The van der Waals surface area contributed by atoms with Crippen molar-refractivity contribution < 1.29 is 22.3 Å². The predicted octanol–water partition coefficient (Wildman–Crippen LogP) is 4.79. The molecule has 0 bridgehead atoms. The van der Waals surface area contributed by atoms with Gasteiger partial charge in [0, 0.05) is 10.9 Å². The number of aryl methyl sites for hydroxylation is 1. The van der Waals surface area contributed by atoms with Gasteiger partial charge in [-0.15, -0.1) is 0 Å². The van der Waals surface area contributed by atoms with Gasteiger partial charge >= 0.3 is 11.8 Å². The number of rotatable bonds is 1. The van der Waals surface area contributed by atoms with E-state index in [-0.39, 0.29) is 19.0 Å². The Morgan fingerprint density at radius 3 is 2.52 bits per heavy atom. The normalized spacial score (nSPS) is 14.2. The maximum atomic E-state index is 13.4. The van der Waals surface area contributed by atoms with Crippen LogP contribution in [0.5, 0.6) is 5.75 Å². The van der Waals surface area contributed by atoms with Crippen molar-refractivity contribution in [2.24, 2.45) is 0 Å². The van der Waals surface area contributed by atoms with Crippen LogP contribution in [0.25, 0.3) is 11.0 Å². The van der Waals surface area contributed by atoms with Gasteiger partial charge in [0.15, 0.2) is 6.73 Å². The highest BCUT2D eigenvalue weighted by atomic mass is 19.4. The molecule has 1 aromatic heterocycles. The van der Waals surface area contributed by atoms with E-state index in [1.54, 1.807) is 25.1 Å². The van der Waals surface area contributed by atoms with Crippen LogP contribution in [0.3, 0.4) is 0 Å². The van der Waals surface area contributed by atoms with Gasteiger partial charge in [0.1, 0.15) is 11.3 Å². The number of nitrogens with zero attached hydrogens (tertiary/aromatic N) is 1. The van der Waals surface area contributed by atoms with Gasteiger partial charge in [-0.2, -0.15) is 13.2 Å². The molecule has 0 spiro atoms. The number of para-hydroxylation sites is 1. The standard InChI is InChI=1S/C20H16F3NO3/c1-11-12(2)19(25)27-18-13(11)7-8-17-14(18)9-24(10-26-17)16-6-4-3-5-15(16)20(21,22)23/h3-8H,9-10H2,1-2H3. The summed E-state index contributed by atoms with van der Waals surface area (Å²) in [7, 11) is 0. The molecule has 0 atom stereocenters. The smallest absolute Gasteiger partial charge is 0.418 e. The van der Waals surface area contributed by atoms with Crippen molar-refractivity contribution in [1.29, 1.82) is 0 Å². The van der Waals surface area contributed by atoms with E-state index < -0.39 is 17.4 Å². The van der Waals surface area contributed by atoms with Crippen LogP contribution in [0.1, 0.15) is 22.3 Å². The molecule has 1 aliphatic rings. The van der Waals surface area contributed by atoms with Crippen molar-refractivity contribution in [3.63, 3.8) is 0 Å². The van der Waals surface area contributed by atoms with E-state index in [1.807, 2.05) is 6.92 Å². The molecule has 0 amide bonds. The Morgan fingerprint density at radius 1 is 1.04 bits per heavy atom. The average Bonchev–Trinajstić information content (AvgIpc) is 2.65. The molecule has 0 aliphatic carbocycles. The summed E-state index contributed by atoms with van der Waals surface area (Å²) in [4.78, 5) is 13.6. The Kier molecular flexibility index (Phi) is 3.91. The van der Waals surface area contributed by atoms with E-state index in [0.29, 0.717) is 22.5 Å². The van der Waals surface area contributed by atoms with Gasteiger partial charge in [0.2, 0.25) is 0 Å². The molecule has 0 saturated carbocycles. The fourth-order valence-corrected chi connectivity index (χ4v) is 3.36. The van der Waals surface area contributed by atoms with Crippen molar-refractivity contribution in [1.82, 2.24) is 0 Å². The lowest BCUT2D eigenvalue weighted by Crippen LogP contribution is -2.33. The second-order valence-electron chi connectivity index (χ2n) is 6.54. The lowest BCUT2D eigenvalue weighted by Gasteiger charge is -2.32. The van der Waals surface area contributed by atoms with E-state index >= 15 is 0 Å². The Bertz CT molecular complexity index is 1100. The number of anilines is 1. The molecular weight excluding hydrogens is 359 g/mol. The first-order valence-electron chi connectivity index (χ1n) is 8.37. The van der Waals surface area contributed by atoms with E-state index in [4.69, 9.17) is 9.15 Å². The lowest BCUT2D eigenvalue weighted by atomic mass is 10.0. The first-order valence-corrected chi connectivity index (χ1v) is 8.37. The largest absolute Gasteiger partial charge is 0.473 e. The second-order valence-corrected chi connectivity index (χ2v) is 6.54. The first kappa shape index (κ1) is 17.5. The summed E-state index contributed by atoms with van der Waals surface area (Å²) in [5, 5.41) is 0.750. The summed E-state index contributed by atoms with van der Waals surface area (Å²) < 4.78 is 51.3. The molecule has 1 aliphatic heterocycles. The summed E-state index contributed by atoms with van der Waals surface area (Å²) in [6.07, 6.45) is -4.48. The Hall–Kier alpha value is -2.96. The van der Waals surface area contributed by atoms with Gasteiger partial charge in [-0.05, 0) is 43.7 Å². The van der Waals surface area contributed by atoms with Crippen LogP contribution < -0.4 is 15.3 Å². The molecule has 0 saturated heterocycles. The van der Waals surface area contributed by atoms with E-state index in [0.717, 1.165) is 17.0 Å². The number of hydrogen-bond donors (Lipinski definition) is 0. The van der Waals surface area contributed by atoms with Crippen molar-refractivity contribution in [2.75, 3.05) is 11.6 Å². The van der Waals surface area contributed by atoms with Crippen LogP contribution in [0.4, 0.5) is 18.9 Å². The minimum atomic E-state index is -4.48.